The molecule has 0 rings (SSSR count). The molecule has 0 fully saturated rings. The number of rotatable bonds is 41. The fourth-order valence-electron chi connectivity index (χ4n) is 3.85. The summed E-state index contributed by atoms with van der Waals surface area (Å²) < 4.78 is 54.5. The van der Waals surface area contributed by atoms with Crippen LogP contribution in [0, 0.1) is 0 Å². The third-order valence-corrected chi connectivity index (χ3v) is 6.37. The van der Waals surface area contributed by atoms with Crippen molar-refractivity contribution in [2.75, 3.05) is 159 Å². The summed E-state index contributed by atoms with van der Waals surface area (Å²) in [5.41, 5.74) is 0. The molecular formula is C33H67N3O12. The van der Waals surface area contributed by atoms with Gasteiger partial charge in [-0.2, -0.15) is 0 Å². The van der Waals surface area contributed by atoms with Crippen molar-refractivity contribution in [2.45, 2.75) is 45.4 Å². The van der Waals surface area contributed by atoms with E-state index in [1.807, 2.05) is 7.05 Å². The maximum atomic E-state index is 11.8. The number of unbranched alkanes of at least 4 members (excludes halogenated alkanes) is 4. The number of carbonyl (C=O) groups is 2. The van der Waals surface area contributed by atoms with Crippen LogP contribution in [0.5, 0.6) is 0 Å². The molecule has 0 aromatic carbocycles. The average molecular weight is 698 g/mol. The highest BCUT2D eigenvalue weighted by atomic mass is 16.6. The second-order valence-corrected chi connectivity index (χ2v) is 10.6. The van der Waals surface area contributed by atoms with Crippen molar-refractivity contribution in [3.05, 3.63) is 0 Å². The lowest BCUT2D eigenvalue weighted by atomic mass is 10.1. The van der Waals surface area contributed by atoms with Crippen molar-refractivity contribution < 1.29 is 57.0 Å². The Balaban J connectivity index is 3.10. The van der Waals surface area contributed by atoms with Gasteiger partial charge in [0.15, 0.2) is 0 Å². The molecule has 0 saturated carbocycles. The zero-order valence-corrected chi connectivity index (χ0v) is 29.9. The molecule has 2 amide bonds. The molecule has 3 N–H and O–H groups in total. The maximum Gasteiger partial charge on any atom is 0.220 e. The number of hydrogen-bond acceptors (Lipinski definition) is 13. The molecule has 0 saturated heterocycles. The molecule has 0 atom stereocenters. The molecule has 0 heterocycles. The number of hydrogen-bond donors (Lipinski definition) is 3. The minimum Gasteiger partial charge on any atom is -0.377 e. The Hall–Kier alpha value is -1.50. The zero-order chi connectivity index (χ0) is 34.9. The van der Waals surface area contributed by atoms with Gasteiger partial charge in [-0.15, -0.1) is 0 Å². The first-order valence-electron chi connectivity index (χ1n) is 17.6. The van der Waals surface area contributed by atoms with E-state index in [4.69, 9.17) is 47.4 Å². The predicted molar refractivity (Wildman–Crippen MR) is 182 cm³/mol. The molecule has 0 spiro atoms. The summed E-state index contributed by atoms with van der Waals surface area (Å²) in [6.07, 6.45) is 6.23. The summed E-state index contributed by atoms with van der Waals surface area (Å²) in [6, 6.07) is 0. The Kier molecular flexibility index (Phi) is 40.4. The standard InChI is InChI=1S/C33H67N3O12/c1-32(37)35-10-12-39-14-16-41-18-20-43-22-24-45-26-28-47-30-31-48-29-27-46-25-23-44-21-19-42-17-15-40-13-11-36-33(38)8-6-4-3-5-7-9-34-2/h34H,3-31H2,1-2H3,(H,35,37)(H,36,38). The highest BCUT2D eigenvalue weighted by molar-refractivity contribution is 5.75. The Morgan fingerprint density at radius 2 is 0.667 bits per heavy atom. The van der Waals surface area contributed by atoms with E-state index in [0.717, 1.165) is 19.4 Å². The molecule has 0 aliphatic heterocycles. The molecule has 15 heteroatoms. The van der Waals surface area contributed by atoms with Crippen LogP contribution in [0.2, 0.25) is 0 Å². The smallest absolute Gasteiger partial charge is 0.220 e. The number of carbonyl (C=O) groups excluding carboxylic acids is 2. The molecule has 48 heavy (non-hydrogen) atoms. The summed E-state index contributed by atoms with van der Waals surface area (Å²) in [6.45, 7) is 13.4. The van der Waals surface area contributed by atoms with Gasteiger partial charge in [-0.1, -0.05) is 19.3 Å². The first-order valence-corrected chi connectivity index (χ1v) is 17.6. The third kappa shape index (κ3) is 42.5. The van der Waals surface area contributed by atoms with Gasteiger partial charge in [0.2, 0.25) is 11.8 Å². The highest BCUT2D eigenvalue weighted by Gasteiger charge is 2.01. The van der Waals surface area contributed by atoms with Crippen LogP contribution >= 0.6 is 0 Å². The van der Waals surface area contributed by atoms with Gasteiger partial charge in [0.1, 0.15) is 0 Å². The molecule has 286 valence electrons. The summed E-state index contributed by atoms with van der Waals surface area (Å²) in [4.78, 5) is 22.5. The number of ether oxygens (including phenoxy) is 10. The van der Waals surface area contributed by atoms with Crippen LogP contribution in [-0.4, -0.2) is 171 Å². The van der Waals surface area contributed by atoms with E-state index in [2.05, 4.69) is 16.0 Å². The van der Waals surface area contributed by atoms with Gasteiger partial charge in [0.05, 0.1) is 132 Å². The molecule has 0 aliphatic carbocycles. The van der Waals surface area contributed by atoms with Gasteiger partial charge in [0, 0.05) is 26.4 Å². The second kappa shape index (κ2) is 41.7. The van der Waals surface area contributed by atoms with Crippen LogP contribution in [0.3, 0.4) is 0 Å². The normalized spacial score (nSPS) is 11.3. The Bertz CT molecular complexity index is 667. The quantitative estimate of drug-likeness (QED) is 0.0776. The van der Waals surface area contributed by atoms with E-state index in [1.54, 1.807) is 0 Å². The van der Waals surface area contributed by atoms with Crippen molar-refractivity contribution in [2.24, 2.45) is 0 Å². The van der Waals surface area contributed by atoms with Gasteiger partial charge in [0.25, 0.3) is 0 Å². The first kappa shape index (κ1) is 46.5. The summed E-state index contributed by atoms with van der Waals surface area (Å²) >= 11 is 0. The van der Waals surface area contributed by atoms with Crippen LogP contribution in [0.25, 0.3) is 0 Å². The summed E-state index contributed by atoms with van der Waals surface area (Å²) in [5, 5.41) is 8.70. The fraction of sp³-hybridized carbons (Fsp3) is 0.939. The van der Waals surface area contributed by atoms with Crippen LogP contribution in [-0.2, 0) is 57.0 Å². The molecular weight excluding hydrogens is 630 g/mol. The van der Waals surface area contributed by atoms with E-state index >= 15 is 0 Å². The monoisotopic (exact) mass is 697 g/mol. The van der Waals surface area contributed by atoms with Gasteiger partial charge < -0.3 is 63.3 Å². The minimum absolute atomic E-state index is 0.0628. The Labute approximate surface area is 289 Å². The van der Waals surface area contributed by atoms with E-state index < -0.39 is 0 Å². The summed E-state index contributed by atoms with van der Waals surface area (Å²) in [5.74, 6) is 0.0317. The number of amides is 2. The second-order valence-electron chi connectivity index (χ2n) is 10.6. The molecule has 0 aromatic rings. The maximum absolute atomic E-state index is 11.8. The highest BCUT2D eigenvalue weighted by Crippen LogP contribution is 2.04. The van der Waals surface area contributed by atoms with Crippen LogP contribution in [0.4, 0.5) is 0 Å². The Morgan fingerprint density at radius 3 is 1.00 bits per heavy atom. The molecule has 0 unspecified atom stereocenters. The SMILES string of the molecule is CNCCCCCCCC(=O)NCCOCCOCCOCCOCCOCCOCCOCCOCCOCCOCCNC(C)=O. The van der Waals surface area contributed by atoms with Crippen LogP contribution < -0.4 is 16.0 Å². The lowest BCUT2D eigenvalue weighted by Crippen LogP contribution is -2.27. The van der Waals surface area contributed by atoms with E-state index in [1.165, 1.54) is 26.2 Å². The topological polar surface area (TPSA) is 163 Å². The predicted octanol–water partition coefficient (Wildman–Crippen LogP) is 0.965. The number of nitrogens with one attached hydrogen (secondary N) is 3. The molecule has 0 radical (unpaired) electrons. The van der Waals surface area contributed by atoms with Crippen molar-refractivity contribution in [1.29, 1.82) is 0 Å². The molecule has 0 aliphatic rings. The van der Waals surface area contributed by atoms with E-state index in [9.17, 15) is 9.59 Å². The minimum atomic E-state index is -0.0628. The molecule has 15 nitrogen and oxygen atoms in total. The fourth-order valence-corrected chi connectivity index (χ4v) is 3.85. The van der Waals surface area contributed by atoms with Crippen molar-refractivity contribution >= 4 is 11.8 Å². The van der Waals surface area contributed by atoms with Gasteiger partial charge in [-0.25, -0.2) is 0 Å². The lowest BCUT2D eigenvalue weighted by molar-refractivity contribution is -0.121. The molecule has 0 bridgehead atoms. The summed E-state index contributed by atoms with van der Waals surface area (Å²) in [7, 11) is 1.97. The third-order valence-electron chi connectivity index (χ3n) is 6.37. The van der Waals surface area contributed by atoms with Crippen LogP contribution in [0.15, 0.2) is 0 Å². The van der Waals surface area contributed by atoms with Gasteiger partial charge in [-0.3, -0.25) is 9.59 Å². The van der Waals surface area contributed by atoms with Crippen molar-refractivity contribution in [1.82, 2.24) is 16.0 Å². The van der Waals surface area contributed by atoms with Gasteiger partial charge >= 0.3 is 0 Å². The zero-order valence-electron chi connectivity index (χ0n) is 29.9. The van der Waals surface area contributed by atoms with Crippen molar-refractivity contribution in [3.8, 4) is 0 Å². The van der Waals surface area contributed by atoms with Crippen molar-refractivity contribution in [3.63, 3.8) is 0 Å². The Morgan fingerprint density at radius 1 is 0.375 bits per heavy atom. The van der Waals surface area contributed by atoms with Gasteiger partial charge in [-0.05, 0) is 26.4 Å². The van der Waals surface area contributed by atoms with Crippen LogP contribution in [0.1, 0.15) is 45.4 Å². The largest absolute Gasteiger partial charge is 0.377 e. The van der Waals surface area contributed by atoms with E-state index in [0.29, 0.717) is 152 Å². The van der Waals surface area contributed by atoms with E-state index in [-0.39, 0.29) is 11.8 Å². The molecule has 0 aromatic heterocycles. The first-order chi connectivity index (χ1) is 23.7. The lowest BCUT2D eigenvalue weighted by Gasteiger charge is -2.09. The average Bonchev–Trinajstić information content (AvgIpc) is 3.08.